The lowest BCUT2D eigenvalue weighted by atomic mass is 9.75. The summed E-state index contributed by atoms with van der Waals surface area (Å²) in [5, 5.41) is 0. The quantitative estimate of drug-likeness (QED) is 0.614. The maximum absolute atomic E-state index is 6.96. The molecule has 17 heavy (non-hydrogen) atoms. The van der Waals surface area contributed by atoms with Crippen molar-refractivity contribution in [1.29, 1.82) is 0 Å². The summed E-state index contributed by atoms with van der Waals surface area (Å²) in [5.74, 6) is 2.49. The van der Waals surface area contributed by atoms with Gasteiger partial charge in [-0.05, 0) is 49.0 Å². The van der Waals surface area contributed by atoms with Gasteiger partial charge in [-0.1, -0.05) is 38.1 Å². The van der Waals surface area contributed by atoms with Crippen LogP contribution >= 0.6 is 0 Å². The molecule has 1 nitrogen and oxygen atoms in total. The number of hydrogen-bond acceptors (Lipinski definition) is 0. The molecule has 1 heteroatoms. The second kappa shape index (κ2) is 5.36. The zero-order valence-corrected chi connectivity index (χ0v) is 10.8. The Morgan fingerprint density at radius 2 is 1.65 bits per heavy atom. The summed E-state index contributed by atoms with van der Waals surface area (Å²) in [5.41, 5.74) is 2.18. The zero-order chi connectivity index (χ0) is 12.3. The predicted octanol–water partition coefficient (Wildman–Crippen LogP) is 5.17. The molecule has 1 aliphatic rings. The molecule has 0 saturated heterocycles. The summed E-state index contributed by atoms with van der Waals surface area (Å²) < 4.78 is 0. The van der Waals surface area contributed by atoms with Crippen molar-refractivity contribution in [2.24, 2.45) is 11.8 Å². The van der Waals surface area contributed by atoms with Gasteiger partial charge in [0.25, 0.3) is 0 Å². The lowest BCUT2D eigenvalue weighted by Gasteiger charge is -2.31. The monoisotopic (exact) mass is 227 g/mol. The molecular weight excluding hydrogens is 206 g/mol. The topological polar surface area (TPSA) is 4.36 Å². The van der Waals surface area contributed by atoms with Gasteiger partial charge in [0.1, 0.15) is 0 Å². The number of hydrogen-bond donors (Lipinski definition) is 0. The van der Waals surface area contributed by atoms with Gasteiger partial charge < -0.3 is 0 Å². The molecular formula is C16H21N. The average Bonchev–Trinajstić information content (AvgIpc) is 2.39. The van der Waals surface area contributed by atoms with Crippen LogP contribution in [0.4, 0.5) is 5.69 Å². The highest BCUT2D eigenvalue weighted by atomic mass is 14.6. The summed E-state index contributed by atoms with van der Waals surface area (Å²) in [6.07, 6.45) is 5.38. The Bertz CT molecular complexity index is 389. The molecule has 0 heterocycles. The van der Waals surface area contributed by atoms with Crippen molar-refractivity contribution in [2.75, 3.05) is 0 Å². The zero-order valence-electron chi connectivity index (χ0n) is 10.8. The Morgan fingerprint density at radius 3 is 2.12 bits per heavy atom. The maximum atomic E-state index is 6.96. The standard InChI is InChI=1S/C16H21N/c1-12(2)13-4-6-14(7-5-13)15-8-10-16(17-3)11-9-15/h8-14H,4-7H2,1-2H3. The second-order valence-corrected chi connectivity index (χ2v) is 5.56. The molecule has 1 aliphatic carbocycles. The smallest absolute Gasteiger partial charge is 0.187 e. The van der Waals surface area contributed by atoms with E-state index in [4.69, 9.17) is 6.57 Å². The molecule has 90 valence electrons. The van der Waals surface area contributed by atoms with Gasteiger partial charge in [-0.2, -0.15) is 0 Å². The molecule has 0 amide bonds. The maximum Gasteiger partial charge on any atom is 0.187 e. The summed E-state index contributed by atoms with van der Waals surface area (Å²) in [6.45, 7) is 11.6. The van der Waals surface area contributed by atoms with E-state index < -0.39 is 0 Å². The normalized spacial score (nSPS) is 24.6. The van der Waals surface area contributed by atoms with E-state index >= 15 is 0 Å². The van der Waals surface area contributed by atoms with Gasteiger partial charge in [0.05, 0.1) is 6.57 Å². The van der Waals surface area contributed by atoms with Gasteiger partial charge in [-0.15, -0.1) is 0 Å². The minimum absolute atomic E-state index is 0.727. The van der Waals surface area contributed by atoms with Crippen LogP contribution in [0.15, 0.2) is 24.3 Å². The third-order valence-electron chi connectivity index (χ3n) is 4.21. The van der Waals surface area contributed by atoms with Crippen LogP contribution in [0.3, 0.4) is 0 Å². The fourth-order valence-corrected chi connectivity index (χ4v) is 2.94. The summed E-state index contributed by atoms with van der Waals surface area (Å²) in [6, 6.07) is 8.20. The summed E-state index contributed by atoms with van der Waals surface area (Å²) >= 11 is 0. The van der Waals surface area contributed by atoms with Crippen LogP contribution in [0.25, 0.3) is 4.85 Å². The van der Waals surface area contributed by atoms with Gasteiger partial charge in [-0.3, -0.25) is 0 Å². The lowest BCUT2D eigenvalue weighted by molar-refractivity contribution is 0.259. The highest BCUT2D eigenvalue weighted by Gasteiger charge is 2.23. The third-order valence-corrected chi connectivity index (χ3v) is 4.21. The van der Waals surface area contributed by atoms with E-state index in [0.29, 0.717) is 0 Å². The van der Waals surface area contributed by atoms with Gasteiger partial charge in [0.15, 0.2) is 5.69 Å². The summed E-state index contributed by atoms with van der Waals surface area (Å²) in [4.78, 5) is 3.44. The fourth-order valence-electron chi connectivity index (χ4n) is 2.94. The van der Waals surface area contributed by atoms with E-state index in [1.165, 1.54) is 31.2 Å². The van der Waals surface area contributed by atoms with Crippen LogP contribution in [-0.2, 0) is 0 Å². The first-order valence-corrected chi connectivity index (χ1v) is 6.68. The average molecular weight is 227 g/mol. The molecule has 0 radical (unpaired) electrons. The molecule has 0 unspecified atom stereocenters. The molecule has 0 spiro atoms. The summed E-state index contributed by atoms with van der Waals surface area (Å²) in [7, 11) is 0. The largest absolute Gasteiger partial charge is 0.238 e. The first-order chi connectivity index (χ1) is 8.20. The van der Waals surface area contributed by atoms with Crippen LogP contribution in [0.1, 0.15) is 51.0 Å². The van der Waals surface area contributed by atoms with E-state index in [1.807, 2.05) is 12.1 Å². The van der Waals surface area contributed by atoms with Crippen LogP contribution in [0.2, 0.25) is 0 Å². The predicted molar refractivity (Wildman–Crippen MR) is 72.2 cm³/mol. The molecule has 0 N–H and O–H groups in total. The Hall–Kier alpha value is -1.29. The number of nitrogens with zero attached hydrogens (tertiary/aromatic N) is 1. The molecule has 0 atom stereocenters. The van der Waals surface area contributed by atoms with Gasteiger partial charge in [-0.25, -0.2) is 4.85 Å². The minimum atomic E-state index is 0.727. The molecule has 1 aromatic carbocycles. The van der Waals surface area contributed by atoms with Crippen molar-refractivity contribution in [1.82, 2.24) is 0 Å². The van der Waals surface area contributed by atoms with Crippen molar-refractivity contribution in [2.45, 2.75) is 45.4 Å². The molecule has 1 saturated carbocycles. The molecule has 0 aromatic heterocycles. The van der Waals surface area contributed by atoms with E-state index in [-0.39, 0.29) is 0 Å². The molecule has 0 aliphatic heterocycles. The van der Waals surface area contributed by atoms with Crippen LogP contribution in [0.5, 0.6) is 0 Å². The number of rotatable bonds is 2. The van der Waals surface area contributed by atoms with Crippen molar-refractivity contribution < 1.29 is 0 Å². The van der Waals surface area contributed by atoms with Crippen molar-refractivity contribution >= 4 is 5.69 Å². The van der Waals surface area contributed by atoms with Crippen molar-refractivity contribution in [3.8, 4) is 0 Å². The first kappa shape index (κ1) is 12.2. The molecule has 1 aromatic rings. The van der Waals surface area contributed by atoms with E-state index in [2.05, 4.69) is 30.8 Å². The Balaban J connectivity index is 1.98. The molecule has 1 fully saturated rings. The first-order valence-electron chi connectivity index (χ1n) is 6.68. The highest BCUT2D eigenvalue weighted by Crippen LogP contribution is 2.38. The van der Waals surface area contributed by atoms with Gasteiger partial charge in [0.2, 0.25) is 0 Å². The Kier molecular flexibility index (Phi) is 3.84. The SMILES string of the molecule is [C-]#[N+]c1ccc(C2CCC(C(C)C)CC2)cc1. The van der Waals surface area contributed by atoms with Crippen molar-refractivity contribution in [3.05, 3.63) is 41.2 Å². The Labute approximate surface area is 105 Å². The van der Waals surface area contributed by atoms with Crippen LogP contribution < -0.4 is 0 Å². The Morgan fingerprint density at radius 1 is 1.06 bits per heavy atom. The minimum Gasteiger partial charge on any atom is -0.238 e. The van der Waals surface area contributed by atoms with E-state index in [1.54, 1.807) is 0 Å². The van der Waals surface area contributed by atoms with Crippen LogP contribution in [0, 0.1) is 18.4 Å². The molecule has 2 rings (SSSR count). The van der Waals surface area contributed by atoms with E-state index in [9.17, 15) is 0 Å². The second-order valence-electron chi connectivity index (χ2n) is 5.56. The lowest BCUT2D eigenvalue weighted by Crippen LogP contribution is -2.17. The van der Waals surface area contributed by atoms with Crippen LogP contribution in [-0.4, -0.2) is 0 Å². The number of benzene rings is 1. The third kappa shape index (κ3) is 2.88. The molecule has 0 bridgehead atoms. The van der Waals surface area contributed by atoms with E-state index in [0.717, 1.165) is 23.4 Å². The highest BCUT2D eigenvalue weighted by molar-refractivity contribution is 5.45. The fraction of sp³-hybridized carbons (Fsp3) is 0.562. The van der Waals surface area contributed by atoms with Gasteiger partial charge in [0, 0.05) is 0 Å². The van der Waals surface area contributed by atoms with Crippen molar-refractivity contribution in [3.63, 3.8) is 0 Å². The van der Waals surface area contributed by atoms with Gasteiger partial charge >= 0.3 is 0 Å².